The maximum Gasteiger partial charge on any atom is 0.343 e. The number of nitrogens with one attached hydrogen (secondary N) is 3. The first-order valence-corrected chi connectivity index (χ1v) is 6.84. The number of esters is 1. The highest BCUT2D eigenvalue weighted by molar-refractivity contribution is 7.98. The van der Waals surface area contributed by atoms with Crippen molar-refractivity contribution in [1.82, 2.24) is 14.9 Å². The van der Waals surface area contributed by atoms with E-state index in [1.165, 1.54) is 7.11 Å². The fraction of sp³-hybridized carbons (Fsp3) is 0.636. The average molecular weight is 320 g/mol. The van der Waals surface area contributed by atoms with Crippen LogP contribution in [0.3, 0.4) is 0 Å². The van der Waals surface area contributed by atoms with Crippen LogP contribution in [-0.2, 0) is 14.3 Å². The Morgan fingerprint density at radius 2 is 1.71 bits per heavy atom. The Hall–Kier alpha value is -1.97. The molecule has 0 fully saturated rings. The summed E-state index contributed by atoms with van der Waals surface area (Å²) in [6.45, 7) is 5.18. The number of carbonyl (C=O) groups excluding carboxylic acids is 3. The van der Waals surface area contributed by atoms with Crippen LogP contribution in [0.25, 0.3) is 0 Å². The highest BCUT2D eigenvalue weighted by atomic mass is 32.2. The molecular weight excluding hydrogens is 300 g/mol. The quantitative estimate of drug-likeness (QED) is 0.307. The zero-order chi connectivity index (χ0) is 16.6. The third-order valence-electron chi connectivity index (χ3n) is 1.86. The summed E-state index contributed by atoms with van der Waals surface area (Å²) in [4.78, 5) is 35.3. The van der Waals surface area contributed by atoms with Crippen molar-refractivity contribution in [3.8, 4) is 0 Å². The first kappa shape index (κ1) is 19.0. The molecule has 0 saturated heterocycles. The van der Waals surface area contributed by atoms with E-state index < -0.39 is 29.6 Å². The molecule has 0 radical (unpaired) electrons. The first-order chi connectivity index (χ1) is 9.62. The molecule has 0 spiro atoms. The molecule has 0 unspecified atom stereocenters. The zero-order valence-corrected chi connectivity index (χ0v) is 13.4. The Morgan fingerprint density at radius 3 is 2.14 bits per heavy atom. The smallest absolute Gasteiger partial charge is 0.343 e. The Morgan fingerprint density at radius 1 is 1.14 bits per heavy atom. The number of rotatable bonds is 3. The molecule has 120 valence electrons. The summed E-state index contributed by atoms with van der Waals surface area (Å²) in [5, 5.41) is 10.0. The maximum absolute atomic E-state index is 12.0. The van der Waals surface area contributed by atoms with Crippen LogP contribution in [0.4, 0.5) is 9.59 Å². The summed E-state index contributed by atoms with van der Waals surface area (Å²) in [5.74, 6) is -0.662. The molecular formula is C11H20N4O5S. The van der Waals surface area contributed by atoms with E-state index in [1.54, 1.807) is 20.8 Å². The number of nitrogens with zero attached hydrogens (tertiary/aromatic N) is 1. The molecule has 0 heterocycles. The van der Waals surface area contributed by atoms with Gasteiger partial charge in [-0.3, -0.25) is 14.9 Å². The number of imide groups is 1. The lowest BCUT2D eigenvalue weighted by Crippen LogP contribution is -2.54. The molecule has 0 rings (SSSR count). The Kier molecular flexibility index (Phi) is 7.56. The van der Waals surface area contributed by atoms with E-state index in [0.29, 0.717) is 4.90 Å². The SMILES string of the molecule is COC(=N)N(C(=O)NSCC(=O)OC)C(=O)NC(C)(C)C. The van der Waals surface area contributed by atoms with E-state index in [0.717, 1.165) is 19.1 Å². The van der Waals surface area contributed by atoms with Gasteiger partial charge in [0.2, 0.25) is 0 Å². The molecule has 0 aromatic carbocycles. The number of hydrogen-bond donors (Lipinski definition) is 3. The van der Waals surface area contributed by atoms with Crippen LogP contribution < -0.4 is 10.0 Å². The minimum absolute atomic E-state index is 0.128. The van der Waals surface area contributed by atoms with Crippen LogP contribution in [-0.4, -0.2) is 54.5 Å². The van der Waals surface area contributed by atoms with Crippen LogP contribution in [0.5, 0.6) is 0 Å². The fourth-order valence-electron chi connectivity index (χ4n) is 1.01. The highest BCUT2D eigenvalue weighted by Gasteiger charge is 2.29. The van der Waals surface area contributed by atoms with Gasteiger partial charge in [0.05, 0.1) is 14.2 Å². The number of amidine groups is 1. The Labute approximate surface area is 127 Å². The van der Waals surface area contributed by atoms with Gasteiger partial charge >= 0.3 is 24.1 Å². The predicted octanol–water partition coefficient (Wildman–Crippen LogP) is 0.908. The van der Waals surface area contributed by atoms with Gasteiger partial charge < -0.3 is 14.8 Å². The number of ether oxygens (including phenoxy) is 2. The third kappa shape index (κ3) is 7.40. The lowest BCUT2D eigenvalue weighted by Gasteiger charge is -2.26. The molecule has 10 heteroatoms. The van der Waals surface area contributed by atoms with Crippen molar-refractivity contribution < 1.29 is 23.9 Å². The molecule has 0 aliphatic rings. The second-order valence-corrected chi connectivity index (χ2v) is 5.58. The van der Waals surface area contributed by atoms with Crippen molar-refractivity contribution >= 4 is 36.0 Å². The monoisotopic (exact) mass is 320 g/mol. The summed E-state index contributed by atoms with van der Waals surface area (Å²) < 4.78 is 11.3. The Balaban J connectivity index is 4.75. The van der Waals surface area contributed by atoms with E-state index in [-0.39, 0.29) is 5.75 Å². The second-order valence-electron chi connectivity index (χ2n) is 4.80. The second kappa shape index (κ2) is 8.35. The van der Waals surface area contributed by atoms with Crippen molar-refractivity contribution in [2.24, 2.45) is 0 Å². The molecule has 4 amide bonds. The van der Waals surface area contributed by atoms with E-state index in [1.807, 2.05) is 0 Å². The van der Waals surface area contributed by atoms with Crippen LogP contribution in [0, 0.1) is 5.41 Å². The van der Waals surface area contributed by atoms with Gasteiger partial charge in [-0.05, 0) is 32.7 Å². The number of carbonyl (C=O) groups is 3. The van der Waals surface area contributed by atoms with Gasteiger partial charge in [-0.1, -0.05) is 0 Å². The van der Waals surface area contributed by atoms with Gasteiger partial charge in [-0.2, -0.15) is 4.90 Å². The van der Waals surface area contributed by atoms with Crippen molar-refractivity contribution in [1.29, 1.82) is 5.41 Å². The van der Waals surface area contributed by atoms with Gasteiger partial charge in [0.25, 0.3) is 0 Å². The minimum atomic E-state index is -0.905. The molecule has 0 atom stereocenters. The molecule has 0 aliphatic carbocycles. The number of amides is 4. The topological polar surface area (TPSA) is 121 Å². The van der Waals surface area contributed by atoms with Crippen molar-refractivity contribution in [3.05, 3.63) is 0 Å². The number of methoxy groups -OCH3 is 2. The lowest BCUT2D eigenvalue weighted by atomic mass is 10.1. The van der Waals surface area contributed by atoms with Gasteiger partial charge in [-0.25, -0.2) is 9.59 Å². The van der Waals surface area contributed by atoms with Crippen molar-refractivity contribution in [2.45, 2.75) is 26.3 Å². The standard InChI is InChI=1S/C11H20N4O5S/c1-11(2,3)13-9(17)15(8(12)20-5)10(18)14-21-6-7(16)19-4/h12H,6H2,1-5H3,(H,13,17)(H,14,18). The molecule has 9 nitrogen and oxygen atoms in total. The van der Waals surface area contributed by atoms with Crippen molar-refractivity contribution in [3.63, 3.8) is 0 Å². The van der Waals surface area contributed by atoms with E-state index in [2.05, 4.69) is 19.5 Å². The molecule has 0 saturated carbocycles. The summed E-state index contributed by atoms with van der Waals surface area (Å²) in [6.07, 6.45) is 0. The largest absolute Gasteiger partial charge is 0.468 e. The maximum atomic E-state index is 12.0. The van der Waals surface area contributed by atoms with Crippen molar-refractivity contribution in [2.75, 3.05) is 20.0 Å². The van der Waals surface area contributed by atoms with E-state index in [9.17, 15) is 14.4 Å². The third-order valence-corrected chi connectivity index (χ3v) is 2.56. The van der Waals surface area contributed by atoms with Crippen LogP contribution in [0.1, 0.15) is 20.8 Å². The summed E-state index contributed by atoms with van der Waals surface area (Å²) in [6, 6.07) is -2.36. The van der Waals surface area contributed by atoms with Gasteiger partial charge in [0.15, 0.2) is 0 Å². The van der Waals surface area contributed by atoms with Gasteiger partial charge in [-0.15, -0.1) is 0 Å². The first-order valence-electron chi connectivity index (χ1n) is 5.85. The average Bonchev–Trinajstić information content (AvgIpc) is 2.36. The predicted molar refractivity (Wildman–Crippen MR) is 77.9 cm³/mol. The van der Waals surface area contributed by atoms with E-state index >= 15 is 0 Å². The zero-order valence-electron chi connectivity index (χ0n) is 12.6. The molecule has 0 bridgehead atoms. The lowest BCUT2D eigenvalue weighted by molar-refractivity contribution is -0.137. The minimum Gasteiger partial charge on any atom is -0.468 e. The molecule has 21 heavy (non-hydrogen) atoms. The summed E-state index contributed by atoms with van der Waals surface area (Å²) in [7, 11) is 2.38. The molecule has 0 aromatic rings. The fourth-order valence-corrected chi connectivity index (χ4v) is 1.53. The summed E-state index contributed by atoms with van der Waals surface area (Å²) >= 11 is 0.738. The number of urea groups is 2. The van der Waals surface area contributed by atoms with E-state index in [4.69, 9.17) is 5.41 Å². The molecule has 3 N–H and O–H groups in total. The van der Waals surface area contributed by atoms with Crippen LogP contribution >= 0.6 is 11.9 Å². The molecule has 0 aromatic heterocycles. The Bertz CT molecular complexity index is 421. The normalized spacial score (nSPS) is 10.3. The van der Waals surface area contributed by atoms with Gasteiger partial charge in [0, 0.05) is 5.54 Å². The van der Waals surface area contributed by atoms with Gasteiger partial charge in [0.1, 0.15) is 5.75 Å². The molecule has 0 aliphatic heterocycles. The summed E-state index contributed by atoms with van der Waals surface area (Å²) in [5.41, 5.74) is -0.594. The van der Waals surface area contributed by atoms with Crippen LogP contribution in [0.15, 0.2) is 0 Å². The van der Waals surface area contributed by atoms with Crippen LogP contribution in [0.2, 0.25) is 0 Å². The number of hydrogen-bond acceptors (Lipinski definition) is 7. The highest BCUT2D eigenvalue weighted by Crippen LogP contribution is 2.04.